The summed E-state index contributed by atoms with van der Waals surface area (Å²) in [6, 6.07) is 15.6. The number of nitrogens with one attached hydrogen (secondary N) is 1. The molecule has 1 aliphatic heterocycles. The maximum atomic E-state index is 13.1. The molecule has 0 fully saturated rings. The van der Waals surface area contributed by atoms with Gasteiger partial charge in [-0.15, -0.1) is 0 Å². The van der Waals surface area contributed by atoms with Crippen molar-refractivity contribution in [2.45, 2.75) is 39.5 Å². The van der Waals surface area contributed by atoms with Crippen molar-refractivity contribution >= 4 is 17.7 Å². The minimum Gasteiger partial charge on any atom is -0.444 e. The number of para-hydroxylation sites is 1. The summed E-state index contributed by atoms with van der Waals surface area (Å²) < 4.78 is 11.2. The van der Waals surface area contributed by atoms with Crippen molar-refractivity contribution in [2.24, 2.45) is 0 Å². The first-order valence-corrected chi connectivity index (χ1v) is 9.40. The first-order chi connectivity index (χ1) is 13.3. The number of rotatable bonds is 4. The number of carbonyl (C=O) groups excluding carboxylic acids is 2. The van der Waals surface area contributed by atoms with Gasteiger partial charge in [0.2, 0.25) is 5.91 Å². The monoisotopic (exact) mass is 382 g/mol. The van der Waals surface area contributed by atoms with E-state index in [-0.39, 0.29) is 12.5 Å². The van der Waals surface area contributed by atoms with Crippen molar-refractivity contribution in [1.29, 1.82) is 0 Å². The number of carbonyl (C=O) groups is 2. The zero-order valence-electron chi connectivity index (χ0n) is 16.7. The predicted octanol–water partition coefficient (Wildman–Crippen LogP) is 4.26. The number of ether oxygens (including phenoxy) is 2. The number of fused-ring (bicyclic) bond motifs is 3. The van der Waals surface area contributed by atoms with Crippen LogP contribution in [0.4, 0.5) is 10.5 Å². The number of alkyl carbamates (subject to hydrolysis) is 1. The largest absolute Gasteiger partial charge is 0.444 e. The molecule has 0 spiro atoms. The highest BCUT2D eigenvalue weighted by Gasteiger charge is 2.35. The fourth-order valence-corrected chi connectivity index (χ4v) is 3.27. The Morgan fingerprint density at radius 3 is 2.36 bits per heavy atom. The molecule has 0 radical (unpaired) electrons. The Morgan fingerprint density at radius 1 is 1.04 bits per heavy atom. The standard InChI is InChI=1S/C22H26N2O4/c1-5-27-20-17-12-7-6-10-15(17)16-11-8-9-13-18(16)24(20)19(25)14-23-21(26)28-22(2,3)4/h6-13,20H,5,14H2,1-4H3,(H,23,26). The summed E-state index contributed by atoms with van der Waals surface area (Å²) in [5.74, 6) is -0.272. The van der Waals surface area contributed by atoms with Crippen LogP contribution >= 0.6 is 0 Å². The van der Waals surface area contributed by atoms with Gasteiger partial charge in [0.25, 0.3) is 0 Å². The Kier molecular flexibility index (Phi) is 5.70. The van der Waals surface area contributed by atoms with E-state index in [4.69, 9.17) is 9.47 Å². The third-order valence-electron chi connectivity index (χ3n) is 4.29. The van der Waals surface area contributed by atoms with Crippen LogP contribution in [0.3, 0.4) is 0 Å². The minimum absolute atomic E-state index is 0.186. The van der Waals surface area contributed by atoms with Gasteiger partial charge in [-0.05, 0) is 39.3 Å². The lowest BCUT2D eigenvalue weighted by molar-refractivity contribution is -0.120. The zero-order chi connectivity index (χ0) is 20.3. The normalized spacial score (nSPS) is 15.4. The van der Waals surface area contributed by atoms with E-state index in [1.165, 1.54) is 0 Å². The van der Waals surface area contributed by atoms with E-state index in [0.29, 0.717) is 6.61 Å². The van der Waals surface area contributed by atoms with Crippen LogP contribution in [0.5, 0.6) is 0 Å². The summed E-state index contributed by atoms with van der Waals surface area (Å²) in [6.07, 6.45) is -1.18. The maximum absolute atomic E-state index is 13.1. The van der Waals surface area contributed by atoms with Gasteiger partial charge in [0.05, 0.1) is 5.69 Å². The number of nitrogens with zero attached hydrogens (tertiary/aromatic N) is 1. The second-order valence-corrected chi connectivity index (χ2v) is 7.53. The molecule has 6 heteroatoms. The van der Waals surface area contributed by atoms with Crippen LogP contribution < -0.4 is 10.2 Å². The highest BCUT2D eigenvalue weighted by Crippen LogP contribution is 2.44. The van der Waals surface area contributed by atoms with Crippen LogP contribution in [-0.2, 0) is 14.3 Å². The summed E-state index contributed by atoms with van der Waals surface area (Å²) in [4.78, 5) is 26.7. The number of amides is 2. The molecule has 2 aromatic rings. The molecular weight excluding hydrogens is 356 g/mol. The molecule has 28 heavy (non-hydrogen) atoms. The van der Waals surface area contributed by atoms with Crippen LogP contribution in [0.1, 0.15) is 39.5 Å². The van der Waals surface area contributed by atoms with Gasteiger partial charge in [-0.1, -0.05) is 42.5 Å². The fourth-order valence-electron chi connectivity index (χ4n) is 3.27. The third kappa shape index (κ3) is 4.17. The molecule has 0 saturated heterocycles. The topological polar surface area (TPSA) is 67.9 Å². The average molecular weight is 382 g/mol. The molecule has 0 bridgehead atoms. The molecule has 1 aliphatic rings. The van der Waals surface area contributed by atoms with Crippen molar-refractivity contribution in [2.75, 3.05) is 18.1 Å². The molecule has 3 rings (SSSR count). The third-order valence-corrected chi connectivity index (χ3v) is 4.29. The van der Waals surface area contributed by atoms with Crippen LogP contribution in [-0.4, -0.2) is 30.8 Å². The second-order valence-electron chi connectivity index (χ2n) is 7.53. The van der Waals surface area contributed by atoms with Crippen LogP contribution in [0.2, 0.25) is 0 Å². The van der Waals surface area contributed by atoms with Gasteiger partial charge < -0.3 is 14.8 Å². The quantitative estimate of drug-likeness (QED) is 0.858. The lowest BCUT2D eigenvalue weighted by Gasteiger charge is -2.38. The predicted molar refractivity (Wildman–Crippen MR) is 108 cm³/mol. The summed E-state index contributed by atoms with van der Waals surface area (Å²) in [6.45, 7) is 7.48. The van der Waals surface area contributed by atoms with E-state index in [1.54, 1.807) is 25.7 Å². The zero-order valence-corrected chi connectivity index (χ0v) is 16.7. The molecular formula is C22H26N2O4. The molecule has 6 nitrogen and oxygen atoms in total. The van der Waals surface area contributed by atoms with Crippen LogP contribution in [0, 0.1) is 0 Å². The molecule has 1 unspecified atom stereocenters. The van der Waals surface area contributed by atoms with E-state index in [0.717, 1.165) is 22.4 Å². The van der Waals surface area contributed by atoms with Gasteiger partial charge in [0.15, 0.2) is 6.23 Å². The van der Waals surface area contributed by atoms with E-state index in [1.807, 2.05) is 55.5 Å². The van der Waals surface area contributed by atoms with Crippen LogP contribution in [0.15, 0.2) is 48.5 Å². The Labute approximate surface area is 165 Å². The van der Waals surface area contributed by atoms with E-state index >= 15 is 0 Å². The van der Waals surface area contributed by atoms with Crippen molar-refractivity contribution in [3.63, 3.8) is 0 Å². The van der Waals surface area contributed by atoms with Crippen molar-refractivity contribution in [3.8, 4) is 11.1 Å². The molecule has 2 aromatic carbocycles. The smallest absolute Gasteiger partial charge is 0.408 e. The Balaban J connectivity index is 1.90. The Morgan fingerprint density at radius 2 is 1.68 bits per heavy atom. The molecule has 0 aliphatic carbocycles. The second kappa shape index (κ2) is 8.02. The van der Waals surface area contributed by atoms with Gasteiger partial charge in [-0.2, -0.15) is 0 Å². The van der Waals surface area contributed by atoms with Crippen molar-refractivity contribution in [1.82, 2.24) is 5.32 Å². The molecule has 148 valence electrons. The highest BCUT2D eigenvalue weighted by atomic mass is 16.6. The Bertz CT molecular complexity index is 873. The molecule has 0 saturated carbocycles. The van der Waals surface area contributed by atoms with E-state index in [9.17, 15) is 9.59 Å². The number of hydrogen-bond donors (Lipinski definition) is 1. The number of hydrogen-bond acceptors (Lipinski definition) is 4. The van der Waals surface area contributed by atoms with Gasteiger partial charge >= 0.3 is 6.09 Å². The van der Waals surface area contributed by atoms with Gasteiger partial charge in [-0.3, -0.25) is 9.69 Å². The first-order valence-electron chi connectivity index (χ1n) is 9.40. The summed E-state index contributed by atoms with van der Waals surface area (Å²) >= 11 is 0. The summed E-state index contributed by atoms with van der Waals surface area (Å²) in [5.41, 5.74) is 3.06. The lowest BCUT2D eigenvalue weighted by atomic mass is 9.92. The molecule has 1 heterocycles. The number of anilines is 1. The Hall–Kier alpha value is -2.86. The van der Waals surface area contributed by atoms with Crippen molar-refractivity contribution < 1.29 is 19.1 Å². The molecule has 1 N–H and O–H groups in total. The minimum atomic E-state index is -0.627. The molecule has 0 aromatic heterocycles. The van der Waals surface area contributed by atoms with E-state index in [2.05, 4.69) is 5.32 Å². The highest BCUT2D eigenvalue weighted by molar-refractivity contribution is 6.02. The lowest BCUT2D eigenvalue weighted by Crippen LogP contribution is -2.45. The van der Waals surface area contributed by atoms with Crippen molar-refractivity contribution in [3.05, 3.63) is 54.1 Å². The fraction of sp³-hybridized carbons (Fsp3) is 0.364. The average Bonchev–Trinajstić information content (AvgIpc) is 2.65. The summed E-state index contributed by atoms with van der Waals surface area (Å²) in [5, 5.41) is 2.55. The molecule has 2 amide bonds. The summed E-state index contributed by atoms with van der Waals surface area (Å²) in [7, 11) is 0. The maximum Gasteiger partial charge on any atom is 0.408 e. The SMILES string of the molecule is CCOC1c2ccccc2-c2ccccc2N1C(=O)CNC(=O)OC(C)(C)C. The van der Waals surface area contributed by atoms with Crippen LogP contribution in [0.25, 0.3) is 11.1 Å². The van der Waals surface area contributed by atoms with E-state index < -0.39 is 17.9 Å². The van der Waals surface area contributed by atoms with Gasteiger partial charge in [-0.25, -0.2) is 4.79 Å². The molecule has 1 atom stereocenters. The first kappa shape index (κ1) is 19.9. The number of benzene rings is 2. The van der Waals surface area contributed by atoms with Gasteiger partial charge in [0.1, 0.15) is 12.1 Å². The van der Waals surface area contributed by atoms with Gasteiger partial charge in [0, 0.05) is 17.7 Å².